The number of aliphatic imine (C=N–C) groups is 1. The smallest absolute Gasteiger partial charge is 0.212 e. The van der Waals surface area contributed by atoms with E-state index in [1.165, 1.54) is 0 Å². The van der Waals surface area contributed by atoms with E-state index in [2.05, 4.69) is 20.5 Å². The second-order valence-electron chi connectivity index (χ2n) is 6.87. The zero-order valence-corrected chi connectivity index (χ0v) is 14.8. The molecule has 140 valence electrons. The van der Waals surface area contributed by atoms with Gasteiger partial charge in [-0.2, -0.15) is 5.10 Å². The van der Waals surface area contributed by atoms with Gasteiger partial charge in [-0.1, -0.05) is 12.1 Å². The van der Waals surface area contributed by atoms with Crippen molar-refractivity contribution < 1.29 is 9.47 Å². The van der Waals surface area contributed by atoms with Gasteiger partial charge in [0.1, 0.15) is 0 Å². The quantitative estimate of drug-likeness (QED) is 0.470. The van der Waals surface area contributed by atoms with Crippen molar-refractivity contribution in [3.05, 3.63) is 42.1 Å². The van der Waals surface area contributed by atoms with E-state index in [0.29, 0.717) is 30.9 Å². The van der Waals surface area contributed by atoms with Crippen LogP contribution in [0.3, 0.4) is 0 Å². The van der Waals surface area contributed by atoms with Crippen LogP contribution in [0.15, 0.2) is 41.5 Å². The number of nitrogens with two attached hydrogens (primary N) is 1. The number of aromatic amines is 1. The lowest BCUT2D eigenvalue weighted by molar-refractivity contribution is 0.297. The molecule has 1 unspecified atom stereocenters. The van der Waals surface area contributed by atoms with Gasteiger partial charge in [0, 0.05) is 23.9 Å². The molecule has 2 aromatic carbocycles. The number of aromatic nitrogens is 4. The third-order valence-corrected chi connectivity index (χ3v) is 5.07. The van der Waals surface area contributed by atoms with E-state index >= 15 is 0 Å². The van der Waals surface area contributed by atoms with Crippen molar-refractivity contribution >= 4 is 33.8 Å². The maximum absolute atomic E-state index is 6.05. The van der Waals surface area contributed by atoms with Gasteiger partial charge in [-0.15, -0.1) is 0 Å². The molecule has 0 spiro atoms. The van der Waals surface area contributed by atoms with Crippen molar-refractivity contribution in [3.63, 3.8) is 0 Å². The van der Waals surface area contributed by atoms with E-state index in [1.807, 2.05) is 34.9 Å². The van der Waals surface area contributed by atoms with Crippen molar-refractivity contribution in [2.75, 3.05) is 18.5 Å². The fourth-order valence-electron chi connectivity index (χ4n) is 3.76. The molecule has 0 radical (unpaired) electrons. The first-order chi connectivity index (χ1) is 13.8. The molecule has 2 aliphatic heterocycles. The molecule has 4 N–H and O–H groups in total. The molecule has 6 rings (SSSR count). The highest BCUT2D eigenvalue weighted by molar-refractivity contribution is 5.95. The summed E-state index contributed by atoms with van der Waals surface area (Å²) in [7, 11) is 0. The first-order valence-corrected chi connectivity index (χ1v) is 9.11. The summed E-state index contributed by atoms with van der Waals surface area (Å²) in [5, 5.41) is 11.2. The lowest BCUT2D eigenvalue weighted by atomic mass is 10.1. The van der Waals surface area contributed by atoms with E-state index in [4.69, 9.17) is 20.2 Å². The Morgan fingerprint density at radius 2 is 1.96 bits per heavy atom. The molecule has 2 aromatic heterocycles. The summed E-state index contributed by atoms with van der Waals surface area (Å²) in [4.78, 5) is 9.34. The number of hydrogen-bond donors (Lipinski definition) is 3. The first kappa shape index (κ1) is 15.3. The fourth-order valence-corrected chi connectivity index (χ4v) is 3.76. The summed E-state index contributed by atoms with van der Waals surface area (Å²) < 4.78 is 13.7. The molecule has 0 bridgehead atoms. The number of rotatable bonds is 1. The van der Waals surface area contributed by atoms with Crippen molar-refractivity contribution in [2.24, 2.45) is 10.7 Å². The number of ether oxygens (including phenoxy) is 2. The number of fused-ring (bicyclic) bond motifs is 5. The topological polar surface area (TPSA) is 115 Å². The Bertz CT molecular complexity index is 1260. The van der Waals surface area contributed by atoms with E-state index in [9.17, 15) is 0 Å². The summed E-state index contributed by atoms with van der Waals surface area (Å²) >= 11 is 0. The van der Waals surface area contributed by atoms with Gasteiger partial charge in [0.25, 0.3) is 0 Å². The Hall–Kier alpha value is -3.75. The third-order valence-electron chi connectivity index (χ3n) is 5.07. The van der Waals surface area contributed by atoms with Crippen LogP contribution in [0.4, 0.5) is 5.95 Å². The van der Waals surface area contributed by atoms with Crippen LogP contribution in [0.2, 0.25) is 0 Å². The summed E-state index contributed by atoms with van der Waals surface area (Å²) in [6.45, 7) is 1.26. The van der Waals surface area contributed by atoms with Crippen LogP contribution in [0.5, 0.6) is 11.5 Å². The summed E-state index contributed by atoms with van der Waals surface area (Å²) in [6, 6.07) is 9.96. The lowest BCUT2D eigenvalue weighted by Gasteiger charge is -2.24. The molecule has 0 amide bonds. The highest BCUT2D eigenvalue weighted by atomic mass is 16.5. The van der Waals surface area contributed by atoms with E-state index < -0.39 is 0 Å². The van der Waals surface area contributed by atoms with Crippen molar-refractivity contribution in [1.29, 1.82) is 0 Å². The average molecular weight is 375 g/mol. The van der Waals surface area contributed by atoms with Crippen LogP contribution in [-0.4, -0.2) is 38.9 Å². The zero-order valence-electron chi connectivity index (χ0n) is 14.8. The molecule has 0 saturated carbocycles. The molecule has 9 nitrogen and oxygen atoms in total. The Balaban J connectivity index is 1.56. The Labute approximate surface area is 159 Å². The minimum atomic E-state index is -0.348. The molecule has 28 heavy (non-hydrogen) atoms. The van der Waals surface area contributed by atoms with Gasteiger partial charge in [0.15, 0.2) is 23.6 Å². The summed E-state index contributed by atoms with van der Waals surface area (Å²) in [6.07, 6.45) is 2.30. The number of H-pyrrole nitrogens is 1. The van der Waals surface area contributed by atoms with Crippen LogP contribution in [0.25, 0.3) is 21.9 Å². The van der Waals surface area contributed by atoms with Gasteiger partial charge >= 0.3 is 0 Å². The molecule has 0 aliphatic carbocycles. The highest BCUT2D eigenvalue weighted by Crippen LogP contribution is 2.39. The Morgan fingerprint density at radius 1 is 1.11 bits per heavy atom. The van der Waals surface area contributed by atoms with Gasteiger partial charge in [0.2, 0.25) is 5.95 Å². The van der Waals surface area contributed by atoms with Crippen LogP contribution in [-0.2, 0) is 0 Å². The van der Waals surface area contributed by atoms with E-state index in [-0.39, 0.29) is 6.17 Å². The van der Waals surface area contributed by atoms with Crippen LogP contribution in [0, 0.1) is 0 Å². The van der Waals surface area contributed by atoms with Crippen molar-refractivity contribution in [1.82, 2.24) is 19.7 Å². The summed E-state index contributed by atoms with van der Waals surface area (Å²) in [5.41, 5.74) is 9.67. The van der Waals surface area contributed by atoms with Gasteiger partial charge in [-0.25, -0.2) is 9.98 Å². The predicted octanol–water partition coefficient (Wildman–Crippen LogP) is 2.36. The number of imidazole rings is 1. The molecule has 4 heterocycles. The first-order valence-electron chi connectivity index (χ1n) is 9.11. The second-order valence-corrected chi connectivity index (χ2v) is 6.87. The minimum absolute atomic E-state index is 0.326. The monoisotopic (exact) mass is 375 g/mol. The number of guanidine groups is 1. The third kappa shape index (κ3) is 2.22. The summed E-state index contributed by atoms with van der Waals surface area (Å²) in [5.74, 6) is 2.40. The molecule has 0 fully saturated rings. The molecule has 2 aliphatic rings. The van der Waals surface area contributed by atoms with Crippen LogP contribution < -0.4 is 20.5 Å². The standard InChI is InChI=1S/C19H17N7O2/c20-18-23-17(10-2-3-11-9-21-25-12(11)6-10)26-14-8-16-15(27-4-1-5-28-16)7-13(14)22-19(26)24-18/h2-3,6-9,17H,1,4-5H2,(H,21,25)(H3,20,22,23,24). The number of nitrogens with zero attached hydrogens (tertiary/aromatic N) is 4. The fraction of sp³-hybridized carbons (Fsp3) is 0.211. The van der Waals surface area contributed by atoms with E-state index in [0.717, 1.165) is 39.7 Å². The van der Waals surface area contributed by atoms with Crippen molar-refractivity contribution in [3.8, 4) is 11.5 Å². The number of benzene rings is 2. The van der Waals surface area contributed by atoms with Crippen LogP contribution in [0.1, 0.15) is 18.2 Å². The second kappa shape index (κ2) is 5.62. The molecule has 1 atom stereocenters. The largest absolute Gasteiger partial charge is 0.489 e. The van der Waals surface area contributed by atoms with Gasteiger partial charge in [-0.3, -0.25) is 15.0 Å². The van der Waals surface area contributed by atoms with Crippen molar-refractivity contribution in [2.45, 2.75) is 12.6 Å². The minimum Gasteiger partial charge on any atom is -0.489 e. The van der Waals surface area contributed by atoms with E-state index in [1.54, 1.807) is 6.20 Å². The van der Waals surface area contributed by atoms with Gasteiger partial charge in [0.05, 0.1) is 36.0 Å². The maximum atomic E-state index is 6.05. The number of nitrogens with one attached hydrogen (secondary N) is 2. The average Bonchev–Trinajstić information content (AvgIpc) is 3.22. The SMILES string of the molecule is NC1=NC(c2ccc3cn[nH]c3c2)n2c(nc3cc4c(cc32)OCCCO4)N1. The Morgan fingerprint density at radius 3 is 2.86 bits per heavy atom. The van der Waals surface area contributed by atoms with Gasteiger partial charge < -0.3 is 15.2 Å². The normalized spacial score (nSPS) is 18.4. The maximum Gasteiger partial charge on any atom is 0.212 e. The lowest BCUT2D eigenvalue weighted by Crippen LogP contribution is -2.31. The van der Waals surface area contributed by atoms with Gasteiger partial charge in [-0.05, 0) is 11.6 Å². The molecule has 9 heteroatoms. The highest BCUT2D eigenvalue weighted by Gasteiger charge is 2.27. The van der Waals surface area contributed by atoms with Crippen LogP contribution >= 0.6 is 0 Å². The molecular formula is C19H17N7O2. The molecule has 4 aromatic rings. The number of hydrogen-bond acceptors (Lipinski definition) is 7. The Kier molecular flexibility index (Phi) is 3.08. The molecule has 0 saturated heterocycles. The predicted molar refractivity (Wildman–Crippen MR) is 105 cm³/mol. The number of anilines is 1. The zero-order chi connectivity index (χ0) is 18.7. The molecular weight excluding hydrogens is 358 g/mol.